The average Bonchev–Trinajstić information content (AvgIpc) is 3.30. The summed E-state index contributed by atoms with van der Waals surface area (Å²) in [7, 11) is 0. The Bertz CT molecular complexity index is 867. The number of fused-ring (bicyclic) bond motifs is 1. The molecule has 25 heavy (non-hydrogen) atoms. The summed E-state index contributed by atoms with van der Waals surface area (Å²) in [6.45, 7) is 0.458. The molecule has 0 unspecified atom stereocenters. The number of hydrogen-bond acceptors (Lipinski definition) is 4. The Labute approximate surface area is 150 Å². The molecular weight excluding hydrogens is 332 g/mol. The van der Waals surface area contributed by atoms with Crippen LogP contribution in [0.2, 0.25) is 0 Å². The van der Waals surface area contributed by atoms with Crippen molar-refractivity contribution in [2.24, 2.45) is 0 Å². The number of nitrogens with one attached hydrogen (secondary N) is 1. The number of hydrogen-bond donors (Lipinski definition) is 1. The number of ether oxygens (including phenoxy) is 1. The topological polar surface area (TPSA) is 51.2 Å². The average molecular weight is 352 g/mol. The van der Waals surface area contributed by atoms with Crippen molar-refractivity contribution in [2.45, 2.75) is 38.3 Å². The molecule has 5 heteroatoms. The highest BCUT2D eigenvalue weighted by atomic mass is 32.1. The van der Waals surface area contributed by atoms with Crippen LogP contribution in [0.3, 0.4) is 0 Å². The molecule has 1 N–H and O–H groups in total. The van der Waals surface area contributed by atoms with E-state index in [4.69, 9.17) is 4.74 Å². The van der Waals surface area contributed by atoms with E-state index in [9.17, 15) is 4.79 Å². The molecule has 0 aliphatic heterocycles. The van der Waals surface area contributed by atoms with Gasteiger partial charge in [0.1, 0.15) is 6.10 Å². The highest BCUT2D eigenvalue weighted by molar-refractivity contribution is 7.17. The Morgan fingerprint density at radius 1 is 1.20 bits per heavy atom. The van der Waals surface area contributed by atoms with Crippen LogP contribution in [0.15, 0.2) is 48.0 Å². The molecule has 1 aliphatic carbocycles. The molecule has 4 rings (SSSR count). The molecule has 0 bridgehead atoms. The second kappa shape index (κ2) is 7.23. The van der Waals surface area contributed by atoms with Crippen molar-refractivity contribution in [1.29, 1.82) is 0 Å². The normalized spacial score (nSPS) is 14.7. The zero-order valence-corrected chi connectivity index (χ0v) is 14.7. The molecule has 0 saturated heterocycles. The lowest BCUT2D eigenvalue weighted by atomic mass is 10.1. The van der Waals surface area contributed by atoms with Gasteiger partial charge in [-0.15, -0.1) is 11.3 Å². The van der Waals surface area contributed by atoms with Gasteiger partial charge in [-0.3, -0.25) is 4.79 Å². The first-order chi connectivity index (χ1) is 12.3. The zero-order chi connectivity index (χ0) is 17.1. The maximum atomic E-state index is 12.4. The summed E-state index contributed by atoms with van der Waals surface area (Å²) in [4.78, 5) is 16.8. The molecule has 1 aromatic carbocycles. The molecule has 1 amide bonds. The van der Waals surface area contributed by atoms with Crippen molar-refractivity contribution < 1.29 is 9.53 Å². The third kappa shape index (κ3) is 3.66. The highest BCUT2D eigenvalue weighted by Gasteiger charge is 2.17. The minimum Gasteiger partial charge on any atom is -0.474 e. The molecule has 2 heterocycles. The predicted octanol–water partition coefficient (Wildman–Crippen LogP) is 4.55. The monoisotopic (exact) mass is 352 g/mol. The number of carbonyl (C=O) groups is 1. The third-order valence-electron chi connectivity index (χ3n) is 4.57. The van der Waals surface area contributed by atoms with Gasteiger partial charge in [0.25, 0.3) is 5.91 Å². The van der Waals surface area contributed by atoms with E-state index in [0.29, 0.717) is 18.5 Å². The molecule has 0 spiro atoms. The van der Waals surface area contributed by atoms with Crippen LogP contribution in [0.4, 0.5) is 0 Å². The Morgan fingerprint density at radius 3 is 2.84 bits per heavy atom. The lowest BCUT2D eigenvalue weighted by Crippen LogP contribution is -2.22. The lowest BCUT2D eigenvalue weighted by Gasteiger charge is -2.12. The highest BCUT2D eigenvalue weighted by Crippen LogP contribution is 2.25. The van der Waals surface area contributed by atoms with Crippen LogP contribution in [0, 0.1) is 0 Å². The summed E-state index contributed by atoms with van der Waals surface area (Å²) in [5.74, 6) is 0.620. The van der Waals surface area contributed by atoms with Gasteiger partial charge < -0.3 is 10.1 Å². The van der Waals surface area contributed by atoms with Crippen molar-refractivity contribution in [3.8, 4) is 5.88 Å². The number of nitrogens with zero attached hydrogens (tertiary/aromatic N) is 1. The summed E-state index contributed by atoms with van der Waals surface area (Å²) in [5, 5.41) is 5.89. The van der Waals surface area contributed by atoms with Crippen molar-refractivity contribution in [1.82, 2.24) is 10.3 Å². The molecule has 1 aliphatic rings. The van der Waals surface area contributed by atoms with Crippen molar-refractivity contribution in [3.63, 3.8) is 0 Å². The second-order valence-corrected chi connectivity index (χ2v) is 7.27. The van der Waals surface area contributed by atoms with Crippen molar-refractivity contribution >= 4 is 27.3 Å². The van der Waals surface area contributed by atoms with Crippen LogP contribution in [-0.4, -0.2) is 17.0 Å². The number of thiophene rings is 1. The van der Waals surface area contributed by atoms with Crippen molar-refractivity contribution in [2.75, 3.05) is 0 Å². The zero-order valence-electron chi connectivity index (χ0n) is 13.9. The minimum absolute atomic E-state index is 0.0521. The van der Waals surface area contributed by atoms with Gasteiger partial charge in [0.2, 0.25) is 5.88 Å². The molecule has 128 valence electrons. The predicted molar refractivity (Wildman–Crippen MR) is 100 cm³/mol. The Kier molecular flexibility index (Phi) is 4.65. The number of amides is 1. The Balaban J connectivity index is 1.36. The fourth-order valence-electron chi connectivity index (χ4n) is 3.19. The first-order valence-corrected chi connectivity index (χ1v) is 9.53. The third-order valence-corrected chi connectivity index (χ3v) is 5.53. The smallest absolute Gasteiger partial charge is 0.253 e. The second-order valence-electron chi connectivity index (χ2n) is 6.36. The Hall–Kier alpha value is -2.40. The molecule has 1 fully saturated rings. The van der Waals surface area contributed by atoms with E-state index in [0.717, 1.165) is 34.1 Å². The van der Waals surface area contributed by atoms with E-state index in [-0.39, 0.29) is 5.91 Å². The maximum absolute atomic E-state index is 12.4. The van der Waals surface area contributed by atoms with Crippen LogP contribution in [0.25, 0.3) is 10.1 Å². The van der Waals surface area contributed by atoms with E-state index in [1.165, 1.54) is 12.8 Å². The fourth-order valence-corrected chi connectivity index (χ4v) is 4.13. The van der Waals surface area contributed by atoms with Crippen molar-refractivity contribution in [3.05, 3.63) is 59.1 Å². The van der Waals surface area contributed by atoms with Gasteiger partial charge in [0, 0.05) is 34.3 Å². The molecule has 3 aromatic rings. The molecular formula is C20H20N2O2S. The van der Waals surface area contributed by atoms with Gasteiger partial charge in [0.15, 0.2) is 0 Å². The van der Waals surface area contributed by atoms with Crippen LogP contribution >= 0.6 is 11.3 Å². The summed E-state index contributed by atoms with van der Waals surface area (Å²) in [6, 6.07) is 11.8. The molecule has 2 aromatic heterocycles. The number of rotatable bonds is 5. The largest absolute Gasteiger partial charge is 0.474 e. The van der Waals surface area contributed by atoms with E-state index < -0.39 is 0 Å². The van der Waals surface area contributed by atoms with Gasteiger partial charge in [-0.2, -0.15) is 0 Å². The van der Waals surface area contributed by atoms with Gasteiger partial charge in [-0.25, -0.2) is 4.98 Å². The number of benzene rings is 1. The quantitative estimate of drug-likeness (QED) is 0.733. The van der Waals surface area contributed by atoms with E-state index in [1.807, 2.05) is 41.8 Å². The summed E-state index contributed by atoms with van der Waals surface area (Å²) in [5.41, 5.74) is 1.70. The molecule has 0 atom stereocenters. The first-order valence-electron chi connectivity index (χ1n) is 8.65. The van der Waals surface area contributed by atoms with Gasteiger partial charge in [-0.05, 0) is 37.3 Å². The van der Waals surface area contributed by atoms with E-state index in [2.05, 4.69) is 10.3 Å². The van der Waals surface area contributed by atoms with E-state index >= 15 is 0 Å². The maximum Gasteiger partial charge on any atom is 0.253 e. The molecule has 4 nitrogen and oxygen atoms in total. The molecule has 1 saturated carbocycles. The van der Waals surface area contributed by atoms with Crippen LogP contribution < -0.4 is 10.1 Å². The standard InChI is InChI=1S/C20H20N2O2S/c23-20(17-13-25-18-8-4-3-7-16(17)18)22-12-14-9-10-19(21-11-14)24-15-5-1-2-6-15/h3-4,7-11,13,15H,1-2,5-6,12H2,(H,22,23). The Morgan fingerprint density at radius 2 is 2.04 bits per heavy atom. The summed E-state index contributed by atoms with van der Waals surface area (Å²) < 4.78 is 6.99. The first kappa shape index (κ1) is 16.1. The van der Waals surface area contributed by atoms with Gasteiger partial charge >= 0.3 is 0 Å². The van der Waals surface area contributed by atoms with Gasteiger partial charge in [0.05, 0.1) is 5.56 Å². The minimum atomic E-state index is -0.0521. The van der Waals surface area contributed by atoms with Crippen LogP contribution in [-0.2, 0) is 6.54 Å². The summed E-state index contributed by atoms with van der Waals surface area (Å²) in [6.07, 6.45) is 6.81. The molecule has 0 radical (unpaired) electrons. The number of pyridine rings is 1. The van der Waals surface area contributed by atoms with E-state index in [1.54, 1.807) is 17.5 Å². The van der Waals surface area contributed by atoms with Gasteiger partial charge in [-0.1, -0.05) is 24.3 Å². The summed E-state index contributed by atoms with van der Waals surface area (Å²) >= 11 is 1.59. The van der Waals surface area contributed by atoms with Crippen LogP contribution in [0.1, 0.15) is 41.6 Å². The SMILES string of the molecule is O=C(NCc1ccc(OC2CCCC2)nc1)c1csc2ccccc12. The number of aromatic nitrogens is 1. The lowest BCUT2D eigenvalue weighted by molar-refractivity contribution is 0.0953. The van der Waals surface area contributed by atoms with Crippen LogP contribution in [0.5, 0.6) is 5.88 Å². The fraction of sp³-hybridized carbons (Fsp3) is 0.300. The number of carbonyl (C=O) groups excluding carboxylic acids is 1.